The second-order valence-corrected chi connectivity index (χ2v) is 2.84. The Morgan fingerprint density at radius 1 is 1.55 bits per heavy atom. The van der Waals surface area contributed by atoms with Crippen molar-refractivity contribution in [2.75, 3.05) is 11.9 Å². The van der Waals surface area contributed by atoms with Gasteiger partial charge in [-0.25, -0.2) is 4.98 Å². The SMILES string of the molecule is CCc1ccc2c(n1)NCC2. The highest BCUT2D eigenvalue weighted by atomic mass is 15.0. The number of nitrogens with one attached hydrogen (secondary N) is 1. The Kier molecular flexibility index (Phi) is 1.53. The van der Waals surface area contributed by atoms with Gasteiger partial charge in [-0.2, -0.15) is 0 Å². The van der Waals surface area contributed by atoms with Gasteiger partial charge in [0.25, 0.3) is 0 Å². The maximum atomic E-state index is 4.46. The van der Waals surface area contributed by atoms with E-state index >= 15 is 0 Å². The van der Waals surface area contributed by atoms with Gasteiger partial charge in [0.2, 0.25) is 0 Å². The Labute approximate surface area is 66.7 Å². The molecule has 0 saturated heterocycles. The highest BCUT2D eigenvalue weighted by Gasteiger charge is 2.10. The minimum absolute atomic E-state index is 1.02. The van der Waals surface area contributed by atoms with Crippen molar-refractivity contribution in [2.24, 2.45) is 0 Å². The second-order valence-electron chi connectivity index (χ2n) is 2.84. The summed E-state index contributed by atoms with van der Waals surface area (Å²) < 4.78 is 0. The molecule has 1 aromatic rings. The summed E-state index contributed by atoms with van der Waals surface area (Å²) in [5.41, 5.74) is 2.54. The number of aromatic nitrogens is 1. The van der Waals surface area contributed by atoms with Crippen LogP contribution in [0.5, 0.6) is 0 Å². The van der Waals surface area contributed by atoms with E-state index in [2.05, 4.69) is 29.4 Å². The zero-order valence-electron chi connectivity index (χ0n) is 6.72. The van der Waals surface area contributed by atoms with E-state index < -0.39 is 0 Å². The quantitative estimate of drug-likeness (QED) is 0.654. The number of rotatable bonds is 1. The van der Waals surface area contributed by atoms with E-state index in [-0.39, 0.29) is 0 Å². The first-order valence-corrected chi connectivity index (χ1v) is 4.13. The monoisotopic (exact) mass is 148 g/mol. The molecule has 2 nitrogen and oxygen atoms in total. The standard InChI is InChI=1S/C9H12N2/c1-2-8-4-3-7-5-6-10-9(7)11-8/h3-4H,2,5-6H2,1H3,(H,10,11). The van der Waals surface area contributed by atoms with E-state index in [1.807, 2.05) is 0 Å². The number of hydrogen-bond donors (Lipinski definition) is 1. The van der Waals surface area contributed by atoms with Crippen LogP contribution in [0.1, 0.15) is 18.2 Å². The molecule has 0 aliphatic carbocycles. The Hall–Kier alpha value is -1.05. The molecule has 0 radical (unpaired) electrons. The molecule has 0 spiro atoms. The lowest BCUT2D eigenvalue weighted by Gasteiger charge is -2.00. The van der Waals surface area contributed by atoms with E-state index in [0.29, 0.717) is 0 Å². The van der Waals surface area contributed by atoms with Crippen molar-refractivity contribution in [2.45, 2.75) is 19.8 Å². The lowest BCUT2D eigenvalue weighted by atomic mass is 10.2. The summed E-state index contributed by atoms with van der Waals surface area (Å²) in [6.07, 6.45) is 2.15. The number of anilines is 1. The summed E-state index contributed by atoms with van der Waals surface area (Å²) in [7, 11) is 0. The fraction of sp³-hybridized carbons (Fsp3) is 0.444. The third-order valence-corrected chi connectivity index (χ3v) is 2.09. The molecule has 0 amide bonds. The van der Waals surface area contributed by atoms with Gasteiger partial charge in [0, 0.05) is 12.2 Å². The molecule has 11 heavy (non-hydrogen) atoms. The van der Waals surface area contributed by atoms with Crippen LogP contribution in [0.2, 0.25) is 0 Å². The number of aryl methyl sites for hydroxylation is 1. The van der Waals surface area contributed by atoms with Gasteiger partial charge in [-0.3, -0.25) is 0 Å². The molecule has 1 aromatic heterocycles. The van der Waals surface area contributed by atoms with Gasteiger partial charge in [-0.1, -0.05) is 13.0 Å². The van der Waals surface area contributed by atoms with Gasteiger partial charge in [0.15, 0.2) is 0 Å². The van der Waals surface area contributed by atoms with Crippen molar-refractivity contribution in [3.05, 3.63) is 23.4 Å². The Balaban J connectivity index is 2.41. The summed E-state index contributed by atoms with van der Waals surface area (Å²) in [6, 6.07) is 4.30. The first kappa shape index (κ1) is 6.65. The number of pyridine rings is 1. The fourth-order valence-electron chi connectivity index (χ4n) is 1.40. The van der Waals surface area contributed by atoms with Crippen molar-refractivity contribution >= 4 is 5.82 Å². The topological polar surface area (TPSA) is 24.9 Å². The van der Waals surface area contributed by atoms with Crippen molar-refractivity contribution in [1.82, 2.24) is 4.98 Å². The molecular formula is C9H12N2. The van der Waals surface area contributed by atoms with E-state index in [9.17, 15) is 0 Å². The summed E-state index contributed by atoms with van der Waals surface area (Å²) in [6.45, 7) is 3.18. The molecule has 0 fully saturated rings. The van der Waals surface area contributed by atoms with Gasteiger partial charge >= 0.3 is 0 Å². The normalized spacial score (nSPS) is 14.3. The number of fused-ring (bicyclic) bond motifs is 1. The van der Waals surface area contributed by atoms with E-state index in [1.165, 1.54) is 11.3 Å². The van der Waals surface area contributed by atoms with Crippen LogP contribution in [-0.4, -0.2) is 11.5 Å². The summed E-state index contributed by atoms with van der Waals surface area (Å²) in [5, 5.41) is 3.26. The lowest BCUT2D eigenvalue weighted by molar-refractivity contribution is 1.04. The average Bonchev–Trinajstić information content (AvgIpc) is 2.50. The van der Waals surface area contributed by atoms with Crippen LogP contribution in [0.4, 0.5) is 5.82 Å². The first-order valence-electron chi connectivity index (χ1n) is 4.13. The van der Waals surface area contributed by atoms with E-state index in [0.717, 1.165) is 25.2 Å². The minimum Gasteiger partial charge on any atom is -0.370 e. The molecule has 0 saturated carbocycles. The van der Waals surface area contributed by atoms with Crippen LogP contribution in [-0.2, 0) is 12.8 Å². The molecular weight excluding hydrogens is 136 g/mol. The van der Waals surface area contributed by atoms with Gasteiger partial charge in [0.1, 0.15) is 5.82 Å². The second kappa shape index (κ2) is 2.53. The smallest absolute Gasteiger partial charge is 0.129 e. The lowest BCUT2D eigenvalue weighted by Crippen LogP contribution is -1.95. The zero-order valence-corrected chi connectivity index (χ0v) is 6.72. The van der Waals surface area contributed by atoms with Crippen LogP contribution < -0.4 is 5.32 Å². The molecule has 0 aromatic carbocycles. The Morgan fingerprint density at radius 2 is 2.45 bits per heavy atom. The van der Waals surface area contributed by atoms with E-state index in [4.69, 9.17) is 0 Å². The van der Waals surface area contributed by atoms with Crippen LogP contribution in [0.25, 0.3) is 0 Å². The maximum Gasteiger partial charge on any atom is 0.129 e. The molecule has 0 bridgehead atoms. The van der Waals surface area contributed by atoms with Crippen LogP contribution in [0, 0.1) is 0 Å². The van der Waals surface area contributed by atoms with Crippen molar-refractivity contribution in [1.29, 1.82) is 0 Å². The molecule has 0 atom stereocenters. The molecule has 1 N–H and O–H groups in total. The molecule has 0 unspecified atom stereocenters. The van der Waals surface area contributed by atoms with Crippen molar-refractivity contribution < 1.29 is 0 Å². The highest BCUT2D eigenvalue weighted by molar-refractivity contribution is 5.49. The predicted octanol–water partition coefficient (Wildman–Crippen LogP) is 1.61. The fourth-order valence-corrected chi connectivity index (χ4v) is 1.40. The molecule has 1 aliphatic rings. The van der Waals surface area contributed by atoms with E-state index in [1.54, 1.807) is 0 Å². The van der Waals surface area contributed by atoms with Crippen LogP contribution >= 0.6 is 0 Å². The molecule has 58 valence electrons. The Bertz CT molecular complexity index is 268. The molecule has 1 aliphatic heterocycles. The number of nitrogens with zero attached hydrogens (tertiary/aromatic N) is 1. The van der Waals surface area contributed by atoms with Crippen molar-refractivity contribution in [3.8, 4) is 0 Å². The number of hydrogen-bond acceptors (Lipinski definition) is 2. The third-order valence-electron chi connectivity index (χ3n) is 2.09. The van der Waals surface area contributed by atoms with Crippen LogP contribution in [0.15, 0.2) is 12.1 Å². The van der Waals surface area contributed by atoms with Crippen LogP contribution in [0.3, 0.4) is 0 Å². The zero-order chi connectivity index (χ0) is 7.68. The minimum atomic E-state index is 1.02. The summed E-state index contributed by atoms with van der Waals surface area (Å²) in [4.78, 5) is 4.46. The van der Waals surface area contributed by atoms with Gasteiger partial charge in [-0.05, 0) is 24.5 Å². The molecule has 2 heteroatoms. The molecule has 2 heterocycles. The first-order chi connectivity index (χ1) is 5.40. The van der Waals surface area contributed by atoms with Gasteiger partial charge in [-0.15, -0.1) is 0 Å². The largest absolute Gasteiger partial charge is 0.370 e. The maximum absolute atomic E-state index is 4.46. The highest BCUT2D eigenvalue weighted by Crippen LogP contribution is 2.19. The summed E-state index contributed by atoms with van der Waals surface area (Å²) in [5.74, 6) is 1.10. The van der Waals surface area contributed by atoms with Crippen molar-refractivity contribution in [3.63, 3.8) is 0 Å². The van der Waals surface area contributed by atoms with Gasteiger partial charge < -0.3 is 5.32 Å². The Morgan fingerprint density at radius 3 is 3.27 bits per heavy atom. The summed E-state index contributed by atoms with van der Waals surface area (Å²) >= 11 is 0. The predicted molar refractivity (Wildman–Crippen MR) is 45.8 cm³/mol. The van der Waals surface area contributed by atoms with Gasteiger partial charge in [0.05, 0.1) is 0 Å². The molecule has 2 rings (SSSR count). The average molecular weight is 148 g/mol. The third kappa shape index (κ3) is 1.09.